The Bertz CT molecular complexity index is 2980. The number of aromatic amines is 2. The Kier molecular flexibility index (Phi) is 4.94. The van der Waals surface area contributed by atoms with E-state index in [1.54, 1.807) is 0 Å². The number of imidazole rings is 2. The fraction of sp³-hybridized carbons (Fsp3) is 0. The van der Waals surface area contributed by atoms with Crippen molar-refractivity contribution in [3.8, 4) is 33.9 Å². The van der Waals surface area contributed by atoms with Gasteiger partial charge < -0.3 is 9.97 Å². The third-order valence-corrected chi connectivity index (χ3v) is 10.8. The van der Waals surface area contributed by atoms with E-state index in [2.05, 4.69) is 156 Å². The van der Waals surface area contributed by atoms with Crippen LogP contribution < -0.4 is 0 Å². The van der Waals surface area contributed by atoms with Crippen LogP contribution in [0.25, 0.3) is 121 Å². The van der Waals surface area contributed by atoms with E-state index in [-0.39, 0.29) is 0 Å². The van der Waals surface area contributed by atoms with Crippen LogP contribution in [0.1, 0.15) is 0 Å². The molecule has 2 N–H and O–H groups in total. The summed E-state index contributed by atoms with van der Waals surface area (Å²) in [5.74, 6) is 1.76. The van der Waals surface area contributed by atoms with E-state index in [4.69, 9.17) is 9.97 Å². The number of fused-ring (bicyclic) bond motifs is 2. The van der Waals surface area contributed by atoms with E-state index < -0.39 is 0 Å². The molecule has 230 valence electrons. The lowest BCUT2D eigenvalue weighted by Gasteiger charge is -2.11. The van der Waals surface area contributed by atoms with Crippen molar-refractivity contribution in [2.75, 3.05) is 0 Å². The van der Waals surface area contributed by atoms with Crippen molar-refractivity contribution >= 4 is 86.7 Å². The highest BCUT2D eigenvalue weighted by Gasteiger charge is 2.15. The zero-order valence-electron chi connectivity index (χ0n) is 26.8. The van der Waals surface area contributed by atoms with Gasteiger partial charge in [0.15, 0.2) is 0 Å². The van der Waals surface area contributed by atoms with Crippen molar-refractivity contribution in [3.05, 3.63) is 146 Å². The Morgan fingerprint density at radius 1 is 0.300 bits per heavy atom. The van der Waals surface area contributed by atoms with Gasteiger partial charge in [0, 0.05) is 11.1 Å². The molecule has 0 atom stereocenters. The summed E-state index contributed by atoms with van der Waals surface area (Å²) in [4.78, 5) is 17.3. The molecule has 0 aliphatic carbocycles. The van der Waals surface area contributed by atoms with Gasteiger partial charge in [0.2, 0.25) is 0 Å². The van der Waals surface area contributed by atoms with Crippen LogP contribution in [0.2, 0.25) is 0 Å². The fourth-order valence-electron chi connectivity index (χ4n) is 8.43. The third-order valence-electron chi connectivity index (χ3n) is 10.8. The van der Waals surface area contributed by atoms with Crippen LogP contribution in [0.15, 0.2) is 146 Å². The number of hydrogen-bond acceptors (Lipinski definition) is 2. The van der Waals surface area contributed by atoms with Crippen molar-refractivity contribution in [3.63, 3.8) is 0 Å². The Balaban J connectivity index is 0.921. The highest BCUT2D eigenvalue weighted by molar-refractivity contribution is 6.25. The number of rotatable bonds is 3. The monoisotopic (exact) mass is 634 g/mol. The Morgan fingerprint density at radius 3 is 1.26 bits per heavy atom. The smallest absolute Gasteiger partial charge is 0.138 e. The second-order valence-corrected chi connectivity index (χ2v) is 13.7. The Morgan fingerprint density at radius 2 is 0.720 bits per heavy atom. The molecule has 0 fully saturated rings. The zero-order chi connectivity index (χ0) is 32.5. The maximum absolute atomic E-state index is 5.09. The van der Waals surface area contributed by atoms with Crippen LogP contribution in [0, 0.1) is 0 Å². The molecule has 50 heavy (non-hydrogen) atoms. The van der Waals surface area contributed by atoms with Crippen LogP contribution in [-0.2, 0) is 0 Å². The lowest BCUT2D eigenvalue weighted by molar-refractivity contribution is 1.34. The quantitative estimate of drug-likeness (QED) is 0.190. The number of hydrogen-bond donors (Lipinski definition) is 2. The van der Waals surface area contributed by atoms with Gasteiger partial charge in [-0.25, -0.2) is 9.97 Å². The van der Waals surface area contributed by atoms with Crippen LogP contribution in [0.3, 0.4) is 0 Å². The third kappa shape index (κ3) is 3.65. The molecule has 4 nitrogen and oxygen atoms in total. The van der Waals surface area contributed by atoms with E-state index in [0.717, 1.165) is 56.0 Å². The predicted molar refractivity (Wildman–Crippen MR) is 209 cm³/mol. The number of nitrogens with zero attached hydrogens (tertiary/aromatic N) is 2. The Labute approximate surface area is 285 Å². The number of aromatic nitrogens is 4. The van der Waals surface area contributed by atoms with Gasteiger partial charge in [-0.1, -0.05) is 97.1 Å². The van der Waals surface area contributed by atoms with Gasteiger partial charge in [0.05, 0.1) is 22.1 Å². The lowest BCUT2D eigenvalue weighted by Crippen LogP contribution is -1.86. The van der Waals surface area contributed by atoms with E-state index in [9.17, 15) is 0 Å². The van der Waals surface area contributed by atoms with E-state index in [1.807, 2.05) is 0 Å². The molecule has 2 heterocycles. The molecular formula is C46H26N4. The molecule has 0 saturated carbocycles. The van der Waals surface area contributed by atoms with Crippen molar-refractivity contribution in [1.29, 1.82) is 0 Å². The molecule has 0 saturated heterocycles. The van der Waals surface area contributed by atoms with Gasteiger partial charge >= 0.3 is 0 Å². The molecule has 0 amide bonds. The molecule has 0 aliphatic heterocycles. The van der Waals surface area contributed by atoms with Gasteiger partial charge in [-0.3, -0.25) is 0 Å². The largest absolute Gasteiger partial charge is 0.338 e. The minimum absolute atomic E-state index is 0.878. The summed E-state index contributed by atoms with van der Waals surface area (Å²) in [7, 11) is 0. The fourth-order valence-corrected chi connectivity index (χ4v) is 8.43. The molecule has 0 aliphatic rings. The molecule has 12 rings (SSSR count). The summed E-state index contributed by atoms with van der Waals surface area (Å²) < 4.78 is 0. The van der Waals surface area contributed by atoms with Gasteiger partial charge in [0.1, 0.15) is 11.6 Å². The molecule has 4 heteroatoms. The predicted octanol–water partition coefficient (Wildman–Crippen LogP) is 12.2. The summed E-state index contributed by atoms with van der Waals surface area (Å²) >= 11 is 0. The first kappa shape index (κ1) is 26.2. The number of H-pyrrole nitrogens is 2. The standard InChI is InChI=1S/C46H26N4/c1-3-25-7-11-31-19-35(20-32-12-8-26(4-1)41(25)43(31)32)45-47-37-17-15-29(23-39(37)49-45)30-16-18-38-40(24-30)50-46(48-38)36-21-33-13-9-27-5-2-6-28-10-14-34(22-36)44(33)42(27)28/h1-24H,(H,47,49)(H,48,50). The maximum atomic E-state index is 5.09. The Hall–Kier alpha value is -6.78. The summed E-state index contributed by atoms with van der Waals surface area (Å²) in [6.45, 7) is 0. The van der Waals surface area contributed by atoms with Gasteiger partial charge in [-0.2, -0.15) is 0 Å². The van der Waals surface area contributed by atoms with Gasteiger partial charge in [-0.05, 0) is 124 Å². The highest BCUT2D eigenvalue weighted by Crippen LogP contribution is 2.39. The molecule has 0 radical (unpaired) electrons. The summed E-state index contributed by atoms with van der Waals surface area (Å²) in [5.41, 5.74) is 8.35. The van der Waals surface area contributed by atoms with Crippen LogP contribution in [-0.4, -0.2) is 19.9 Å². The molecule has 10 aromatic carbocycles. The minimum atomic E-state index is 0.878. The van der Waals surface area contributed by atoms with Gasteiger partial charge in [-0.15, -0.1) is 0 Å². The van der Waals surface area contributed by atoms with Crippen LogP contribution in [0.5, 0.6) is 0 Å². The summed E-state index contributed by atoms with van der Waals surface area (Å²) in [5, 5.41) is 15.4. The average Bonchev–Trinajstić information content (AvgIpc) is 3.80. The highest BCUT2D eigenvalue weighted by atomic mass is 14.9. The molecule has 0 spiro atoms. The minimum Gasteiger partial charge on any atom is -0.338 e. The first-order valence-electron chi connectivity index (χ1n) is 17.1. The normalized spacial score (nSPS) is 12.4. The van der Waals surface area contributed by atoms with Gasteiger partial charge in [0.25, 0.3) is 0 Å². The summed E-state index contributed by atoms with van der Waals surface area (Å²) in [6.07, 6.45) is 0. The first-order valence-corrected chi connectivity index (χ1v) is 17.1. The van der Waals surface area contributed by atoms with Crippen molar-refractivity contribution in [2.24, 2.45) is 0 Å². The first-order chi connectivity index (χ1) is 24.7. The molecule has 0 unspecified atom stereocenters. The van der Waals surface area contributed by atoms with Crippen LogP contribution in [0.4, 0.5) is 0 Å². The maximum Gasteiger partial charge on any atom is 0.138 e. The topological polar surface area (TPSA) is 57.4 Å². The summed E-state index contributed by atoms with van der Waals surface area (Å²) in [6, 6.07) is 52.9. The lowest BCUT2D eigenvalue weighted by atomic mass is 9.93. The second-order valence-electron chi connectivity index (χ2n) is 13.7. The van der Waals surface area contributed by atoms with E-state index in [0.29, 0.717) is 0 Å². The van der Waals surface area contributed by atoms with Crippen molar-refractivity contribution < 1.29 is 0 Å². The molecule has 0 bridgehead atoms. The average molecular weight is 635 g/mol. The zero-order valence-corrected chi connectivity index (χ0v) is 26.8. The molecule has 2 aromatic heterocycles. The number of benzene rings is 10. The molecule has 12 aromatic rings. The second kappa shape index (κ2) is 9.43. The molecular weight excluding hydrogens is 609 g/mol. The van der Waals surface area contributed by atoms with Crippen molar-refractivity contribution in [2.45, 2.75) is 0 Å². The van der Waals surface area contributed by atoms with Crippen LogP contribution >= 0.6 is 0 Å². The van der Waals surface area contributed by atoms with E-state index in [1.165, 1.54) is 64.6 Å². The van der Waals surface area contributed by atoms with E-state index >= 15 is 0 Å². The number of nitrogens with one attached hydrogen (secondary N) is 2. The van der Waals surface area contributed by atoms with Crippen molar-refractivity contribution in [1.82, 2.24) is 19.9 Å². The SMILES string of the molecule is c1cc2ccc3cc(-c4nc5cc(-c6ccc7nc(-c8cc9ccc%10cccc%11ccc(c8)c9c%10%11)[nH]c7c6)ccc5[nH]4)cc4ccc(c1)c2c34.